The summed E-state index contributed by atoms with van der Waals surface area (Å²) in [6.07, 6.45) is 5.75. The summed E-state index contributed by atoms with van der Waals surface area (Å²) in [6.45, 7) is 0.431. The Morgan fingerprint density at radius 3 is 2.67 bits per heavy atom. The zero-order valence-corrected chi connectivity index (χ0v) is 14.0. The van der Waals surface area contributed by atoms with Crippen LogP contribution in [0, 0.1) is 5.92 Å². The van der Waals surface area contributed by atoms with E-state index in [4.69, 9.17) is 29.6 Å². The Morgan fingerprint density at radius 2 is 2.05 bits per heavy atom. The lowest BCUT2D eigenvalue weighted by molar-refractivity contribution is 0.495. The zero-order valence-electron chi connectivity index (χ0n) is 11.6. The van der Waals surface area contributed by atoms with Crippen LogP contribution < -0.4 is 10.5 Å². The third kappa shape index (κ3) is 4.39. The van der Waals surface area contributed by atoms with E-state index in [0.717, 1.165) is 6.42 Å². The van der Waals surface area contributed by atoms with Crippen LogP contribution in [0.5, 0.6) is 0 Å². The molecule has 0 atom stereocenters. The van der Waals surface area contributed by atoms with Crippen molar-refractivity contribution in [2.75, 3.05) is 6.54 Å². The van der Waals surface area contributed by atoms with E-state index in [9.17, 15) is 8.42 Å². The summed E-state index contributed by atoms with van der Waals surface area (Å²) in [4.78, 5) is 0.176. The van der Waals surface area contributed by atoms with Crippen LogP contribution in [0.3, 0.4) is 0 Å². The Hall–Kier alpha value is -0.690. The van der Waals surface area contributed by atoms with E-state index in [-0.39, 0.29) is 14.9 Å². The van der Waals surface area contributed by atoms with Crippen LogP contribution in [0.25, 0.3) is 0 Å². The van der Waals surface area contributed by atoms with Gasteiger partial charge in [-0.1, -0.05) is 55.6 Å². The minimum atomic E-state index is -3.64. The molecule has 1 aromatic rings. The van der Waals surface area contributed by atoms with Crippen molar-refractivity contribution in [3.8, 4) is 0 Å². The number of rotatable bonds is 6. The van der Waals surface area contributed by atoms with Crippen LogP contribution in [0.4, 0.5) is 0 Å². The molecule has 0 saturated heterocycles. The fraction of sp³-hybridized carbons (Fsp3) is 0.500. The number of nitrogens with one attached hydrogen (secondary N) is 1. The molecule has 0 amide bonds. The van der Waals surface area contributed by atoms with E-state index in [1.807, 2.05) is 0 Å². The number of hydrogen-bond donors (Lipinski definition) is 2. The quantitative estimate of drug-likeness (QED) is 0.777. The number of nitrogens with two attached hydrogens (primary N) is 1. The fourth-order valence-corrected chi connectivity index (χ4v) is 4.33. The lowest BCUT2D eigenvalue weighted by atomic mass is 10.1. The van der Waals surface area contributed by atoms with Crippen molar-refractivity contribution in [2.24, 2.45) is 11.7 Å². The molecule has 1 fully saturated rings. The highest BCUT2D eigenvalue weighted by Gasteiger charge is 2.20. The summed E-state index contributed by atoms with van der Waals surface area (Å²) in [6, 6.07) is 4.53. The highest BCUT2D eigenvalue weighted by atomic mass is 35.5. The first-order valence-corrected chi connectivity index (χ1v) is 9.26. The summed E-state index contributed by atoms with van der Waals surface area (Å²) < 4.78 is 27.3. The lowest BCUT2D eigenvalue weighted by Gasteiger charge is -2.12. The summed E-state index contributed by atoms with van der Waals surface area (Å²) in [7, 11) is -3.64. The minimum Gasteiger partial charge on any atom is -0.389 e. The predicted molar refractivity (Wildman–Crippen MR) is 89.1 cm³/mol. The van der Waals surface area contributed by atoms with Crippen molar-refractivity contribution < 1.29 is 8.42 Å². The van der Waals surface area contributed by atoms with Gasteiger partial charge in [0, 0.05) is 12.1 Å². The van der Waals surface area contributed by atoms with Crippen molar-refractivity contribution in [3.63, 3.8) is 0 Å². The highest BCUT2D eigenvalue weighted by molar-refractivity contribution is 7.89. The van der Waals surface area contributed by atoms with Gasteiger partial charge in [-0.05, 0) is 24.5 Å². The van der Waals surface area contributed by atoms with Gasteiger partial charge in [0.2, 0.25) is 10.0 Å². The van der Waals surface area contributed by atoms with Gasteiger partial charge >= 0.3 is 0 Å². The van der Waals surface area contributed by atoms with E-state index in [0.29, 0.717) is 18.0 Å². The van der Waals surface area contributed by atoms with Gasteiger partial charge in [0.15, 0.2) is 0 Å². The van der Waals surface area contributed by atoms with Crippen LogP contribution in [0.1, 0.15) is 37.7 Å². The average Bonchev–Trinajstić information content (AvgIpc) is 2.91. The predicted octanol–water partition coefficient (Wildman–Crippen LogP) is 2.83. The Labute approximate surface area is 136 Å². The monoisotopic (exact) mass is 346 g/mol. The van der Waals surface area contributed by atoms with Crippen LogP contribution in [0.2, 0.25) is 5.02 Å². The van der Waals surface area contributed by atoms with Crippen molar-refractivity contribution in [2.45, 2.75) is 37.0 Å². The maximum atomic E-state index is 12.3. The van der Waals surface area contributed by atoms with Crippen molar-refractivity contribution in [1.29, 1.82) is 0 Å². The molecular weight excluding hydrogens is 328 g/mol. The Balaban J connectivity index is 2.07. The molecule has 1 aliphatic rings. The molecule has 1 saturated carbocycles. The average molecular weight is 347 g/mol. The molecule has 0 heterocycles. The van der Waals surface area contributed by atoms with Gasteiger partial charge in [-0.15, -0.1) is 0 Å². The van der Waals surface area contributed by atoms with E-state index in [2.05, 4.69) is 4.72 Å². The second kappa shape index (κ2) is 7.05. The number of hydrogen-bond acceptors (Lipinski definition) is 3. The number of benzene rings is 1. The van der Waals surface area contributed by atoms with Crippen LogP contribution in [-0.4, -0.2) is 20.0 Å². The molecular formula is C14H19ClN2O2S2. The molecule has 0 aromatic heterocycles. The SMILES string of the molecule is NC(=S)c1ccc(Cl)c(S(=O)(=O)NCCC2CCCC2)c1. The smallest absolute Gasteiger partial charge is 0.242 e. The van der Waals surface area contributed by atoms with Crippen LogP contribution >= 0.6 is 23.8 Å². The first-order valence-electron chi connectivity index (χ1n) is 6.99. The first-order chi connectivity index (χ1) is 9.90. The Bertz CT molecular complexity index is 626. The highest BCUT2D eigenvalue weighted by Crippen LogP contribution is 2.27. The van der Waals surface area contributed by atoms with Gasteiger partial charge in [-0.3, -0.25) is 0 Å². The summed E-state index contributed by atoms with van der Waals surface area (Å²) in [5, 5.41) is 0.170. The Kier molecular flexibility index (Phi) is 5.60. The van der Waals surface area contributed by atoms with Gasteiger partial charge in [0.05, 0.1) is 5.02 Å². The second-order valence-electron chi connectivity index (χ2n) is 5.35. The molecule has 3 N–H and O–H groups in total. The number of sulfonamides is 1. The van der Waals surface area contributed by atoms with Crippen LogP contribution in [0.15, 0.2) is 23.1 Å². The third-order valence-electron chi connectivity index (χ3n) is 3.82. The molecule has 4 nitrogen and oxygen atoms in total. The molecule has 0 spiro atoms. The summed E-state index contributed by atoms with van der Waals surface area (Å²) in [5.41, 5.74) is 6.02. The third-order valence-corrected chi connectivity index (χ3v) is 6.00. The number of halogens is 1. The molecule has 2 rings (SSSR count). The molecule has 7 heteroatoms. The second-order valence-corrected chi connectivity index (χ2v) is 7.93. The number of thiocarbonyl (C=S) groups is 1. The molecule has 0 bridgehead atoms. The van der Waals surface area contributed by atoms with Crippen molar-refractivity contribution >= 4 is 38.8 Å². The zero-order chi connectivity index (χ0) is 15.5. The molecule has 0 unspecified atom stereocenters. The van der Waals surface area contributed by atoms with Gasteiger partial charge in [-0.25, -0.2) is 13.1 Å². The minimum absolute atomic E-state index is 0.0286. The molecule has 1 aromatic carbocycles. The normalized spacial score (nSPS) is 16.2. The van der Waals surface area contributed by atoms with Gasteiger partial charge in [0.25, 0.3) is 0 Å². The fourth-order valence-electron chi connectivity index (χ4n) is 2.64. The molecule has 116 valence electrons. The summed E-state index contributed by atoms with van der Waals surface area (Å²) in [5.74, 6) is 0.631. The van der Waals surface area contributed by atoms with E-state index in [1.165, 1.54) is 37.8 Å². The molecule has 0 aliphatic heterocycles. The van der Waals surface area contributed by atoms with Gasteiger partial charge < -0.3 is 5.73 Å². The molecule has 0 radical (unpaired) electrons. The summed E-state index contributed by atoms with van der Waals surface area (Å²) >= 11 is 10.9. The largest absolute Gasteiger partial charge is 0.389 e. The van der Waals surface area contributed by atoms with Crippen molar-refractivity contribution in [1.82, 2.24) is 4.72 Å². The molecule has 1 aliphatic carbocycles. The Morgan fingerprint density at radius 1 is 1.38 bits per heavy atom. The maximum absolute atomic E-state index is 12.3. The first kappa shape index (κ1) is 16.7. The topological polar surface area (TPSA) is 72.2 Å². The maximum Gasteiger partial charge on any atom is 0.242 e. The van der Waals surface area contributed by atoms with E-state index in [1.54, 1.807) is 6.07 Å². The van der Waals surface area contributed by atoms with Gasteiger partial charge in [-0.2, -0.15) is 0 Å². The van der Waals surface area contributed by atoms with E-state index < -0.39 is 10.0 Å². The van der Waals surface area contributed by atoms with Gasteiger partial charge in [0.1, 0.15) is 9.88 Å². The van der Waals surface area contributed by atoms with Crippen LogP contribution in [-0.2, 0) is 10.0 Å². The van der Waals surface area contributed by atoms with Crippen molar-refractivity contribution in [3.05, 3.63) is 28.8 Å². The van der Waals surface area contributed by atoms with E-state index >= 15 is 0 Å². The standard InChI is InChI=1S/C14H19ClN2O2S2/c15-12-6-5-11(14(16)20)9-13(12)21(18,19)17-8-7-10-3-1-2-4-10/h5-6,9-10,17H,1-4,7-8H2,(H2,16,20). The lowest BCUT2D eigenvalue weighted by Crippen LogP contribution is -2.26. The molecule has 21 heavy (non-hydrogen) atoms.